The van der Waals surface area contributed by atoms with E-state index in [2.05, 4.69) is 15.6 Å². The first-order valence-corrected chi connectivity index (χ1v) is 18.2. The lowest BCUT2D eigenvalue weighted by Gasteiger charge is -2.49. The van der Waals surface area contributed by atoms with Crippen LogP contribution >= 0.6 is 0 Å². The molecular formula is C39H46N6O12. The molecule has 1 fully saturated rings. The number of methoxy groups -OCH3 is 1. The molecule has 0 unspecified atom stereocenters. The molecule has 0 saturated carbocycles. The predicted molar refractivity (Wildman–Crippen MR) is 202 cm³/mol. The van der Waals surface area contributed by atoms with Crippen molar-refractivity contribution in [3.05, 3.63) is 86.8 Å². The summed E-state index contributed by atoms with van der Waals surface area (Å²) < 4.78 is 17.7. The third kappa shape index (κ3) is 7.21. The highest BCUT2D eigenvalue weighted by atomic mass is 16.7. The number of phenolic OH excluding ortho intramolecular Hbond substituents is 1. The Morgan fingerprint density at radius 3 is 2.42 bits per heavy atom. The number of allylic oxidation sites excluding steroid dienone is 1. The molecule has 0 aromatic heterocycles. The van der Waals surface area contributed by atoms with Crippen molar-refractivity contribution in [3.63, 3.8) is 0 Å². The van der Waals surface area contributed by atoms with Crippen LogP contribution in [0.25, 0.3) is 0 Å². The molecule has 6 rings (SSSR count). The highest BCUT2D eigenvalue weighted by molar-refractivity contribution is 6.31. The number of amides is 2. The van der Waals surface area contributed by atoms with Crippen LogP contribution in [0.4, 0.5) is 0 Å². The molecule has 0 bridgehead atoms. The van der Waals surface area contributed by atoms with Gasteiger partial charge in [-0.05, 0) is 43.0 Å². The Bertz CT molecular complexity index is 2130. The van der Waals surface area contributed by atoms with Gasteiger partial charge in [0.2, 0.25) is 12.1 Å². The number of nitrogens with one attached hydrogen (secondary N) is 2. The second kappa shape index (κ2) is 16.0. The fourth-order valence-corrected chi connectivity index (χ4v) is 7.81. The molecule has 18 nitrogen and oxygen atoms in total. The standard InChI is InChI=1S/C39H46N6O12/c1-5-20-23(55-4)12-24(31-29(20)32(49)21-10-17(2)22(14-44-38(41)42-3)33(50)30(21)34(31)51)56-37-35(52)36(53)39(54,25(16-46)57-37)13-19(18-8-9-43-26(40)11-18)15-45-27(47)6-7-28(45)48/h6-8,10-12,19,25,35-37,43,46,50,52-54H,5,9,13-16,40H2,1-4H3,(H3,41,42,44)/t19-,25-,35-,36-,37-,39-/m1/s1. The number of phenols is 1. The Kier molecular flexibility index (Phi) is 11.5. The molecule has 1 saturated heterocycles. The summed E-state index contributed by atoms with van der Waals surface area (Å²) in [7, 11) is 2.82. The molecule has 6 atom stereocenters. The van der Waals surface area contributed by atoms with Crippen LogP contribution in [0.2, 0.25) is 0 Å². The van der Waals surface area contributed by atoms with E-state index in [0.29, 0.717) is 16.7 Å². The molecule has 4 aliphatic rings. The summed E-state index contributed by atoms with van der Waals surface area (Å²) in [5.41, 5.74) is 10.3. The number of hydrogen-bond acceptors (Lipinski definition) is 15. The van der Waals surface area contributed by atoms with E-state index in [1.54, 1.807) is 26.0 Å². The van der Waals surface area contributed by atoms with Gasteiger partial charge in [-0.1, -0.05) is 13.0 Å². The topological polar surface area (TPSA) is 289 Å². The molecule has 304 valence electrons. The summed E-state index contributed by atoms with van der Waals surface area (Å²) in [5, 5.41) is 63.1. The number of aliphatic hydroxyl groups excluding tert-OH is 3. The summed E-state index contributed by atoms with van der Waals surface area (Å²) in [6.07, 6.45) is -2.39. The van der Waals surface area contributed by atoms with Crippen molar-refractivity contribution < 1.29 is 58.9 Å². The van der Waals surface area contributed by atoms with Gasteiger partial charge in [-0.15, -0.1) is 0 Å². The molecule has 11 N–H and O–H groups in total. The number of guanidine groups is 1. The Hall–Kier alpha value is -5.79. The molecule has 3 aliphatic heterocycles. The molecule has 0 radical (unpaired) electrons. The van der Waals surface area contributed by atoms with E-state index in [-0.39, 0.29) is 77.2 Å². The first-order valence-electron chi connectivity index (χ1n) is 18.2. The number of nitrogens with two attached hydrogens (primary N) is 2. The number of ether oxygens (including phenoxy) is 3. The molecule has 2 amide bonds. The minimum absolute atomic E-state index is 0.0275. The van der Waals surface area contributed by atoms with Gasteiger partial charge in [0.15, 0.2) is 11.7 Å². The number of hydrogen-bond donors (Lipinski definition) is 9. The van der Waals surface area contributed by atoms with Crippen molar-refractivity contribution in [2.24, 2.45) is 22.4 Å². The SMILES string of the molecule is CCc1c(OC)cc(O[C@@H]2O[C@H](CO)[C@](O)(C[C@H](CN3C(=O)C=CC3=O)C3=CCNC(N)=C3)[C@H](O)[C@H]2O)c2c1C(=O)c1cc(C)c(CNC(N)=NC)c(O)c1C2=O. The number of benzene rings is 2. The van der Waals surface area contributed by atoms with Crippen molar-refractivity contribution in [3.8, 4) is 17.2 Å². The minimum Gasteiger partial charge on any atom is -0.507 e. The maximum absolute atomic E-state index is 14.5. The number of rotatable bonds is 12. The van der Waals surface area contributed by atoms with Gasteiger partial charge in [0.25, 0.3) is 11.8 Å². The van der Waals surface area contributed by atoms with E-state index >= 15 is 0 Å². The predicted octanol–water partition coefficient (Wildman–Crippen LogP) is -1.11. The number of ketones is 2. The molecule has 2 aromatic rings. The summed E-state index contributed by atoms with van der Waals surface area (Å²) >= 11 is 0. The molecule has 1 aliphatic carbocycles. The third-order valence-corrected chi connectivity index (χ3v) is 10.9. The summed E-state index contributed by atoms with van der Waals surface area (Å²) in [5.74, 6) is -3.76. The lowest BCUT2D eigenvalue weighted by atomic mass is 9.75. The lowest BCUT2D eigenvalue weighted by molar-refractivity contribution is -0.316. The number of aromatic hydroxyl groups is 1. The fourth-order valence-electron chi connectivity index (χ4n) is 7.81. The van der Waals surface area contributed by atoms with Gasteiger partial charge in [0.05, 0.1) is 30.7 Å². The first kappa shape index (κ1) is 40.9. The van der Waals surface area contributed by atoms with E-state index in [1.165, 1.54) is 26.3 Å². The Labute approximate surface area is 327 Å². The van der Waals surface area contributed by atoms with E-state index in [0.717, 1.165) is 17.1 Å². The van der Waals surface area contributed by atoms with E-state index in [9.17, 15) is 44.7 Å². The van der Waals surface area contributed by atoms with Crippen LogP contribution in [-0.4, -0.2) is 124 Å². The molecule has 18 heteroatoms. The molecule has 57 heavy (non-hydrogen) atoms. The summed E-state index contributed by atoms with van der Waals surface area (Å²) in [4.78, 5) is 58.7. The highest BCUT2D eigenvalue weighted by Gasteiger charge is 2.57. The number of fused-ring (bicyclic) bond motifs is 2. The van der Waals surface area contributed by atoms with E-state index < -0.39 is 78.3 Å². The molecule has 0 spiro atoms. The Morgan fingerprint density at radius 2 is 1.81 bits per heavy atom. The number of nitrogens with zero attached hydrogens (tertiary/aromatic N) is 2. The van der Waals surface area contributed by atoms with Gasteiger partial charge in [-0.3, -0.25) is 29.1 Å². The van der Waals surface area contributed by atoms with Crippen LogP contribution in [0.15, 0.2) is 52.8 Å². The number of dihydropyridines is 1. The number of aryl methyl sites for hydroxylation is 1. The zero-order valence-corrected chi connectivity index (χ0v) is 31.7. The van der Waals surface area contributed by atoms with Gasteiger partial charge in [0.1, 0.15) is 41.2 Å². The first-order chi connectivity index (χ1) is 27.1. The van der Waals surface area contributed by atoms with Gasteiger partial charge >= 0.3 is 0 Å². The van der Waals surface area contributed by atoms with Crippen molar-refractivity contribution >= 4 is 29.3 Å². The number of aliphatic hydroxyl groups is 4. The van der Waals surface area contributed by atoms with Crippen molar-refractivity contribution in [2.45, 2.75) is 63.4 Å². The summed E-state index contributed by atoms with van der Waals surface area (Å²) in [6, 6.07) is 2.81. The summed E-state index contributed by atoms with van der Waals surface area (Å²) in [6.45, 7) is 2.51. The van der Waals surface area contributed by atoms with Crippen LogP contribution in [0.5, 0.6) is 17.2 Å². The van der Waals surface area contributed by atoms with Gasteiger partial charge in [-0.25, -0.2) is 0 Å². The Balaban J connectivity index is 1.37. The maximum Gasteiger partial charge on any atom is 0.253 e. The molecular weight excluding hydrogens is 744 g/mol. The van der Waals surface area contributed by atoms with Crippen molar-refractivity contribution in [1.82, 2.24) is 15.5 Å². The third-order valence-electron chi connectivity index (χ3n) is 10.9. The molecule has 2 aromatic carbocycles. The normalized spacial score (nSPS) is 25.1. The Morgan fingerprint density at radius 1 is 1.11 bits per heavy atom. The lowest BCUT2D eigenvalue weighted by Crippen LogP contribution is -2.68. The van der Waals surface area contributed by atoms with E-state index in [1.807, 2.05) is 0 Å². The fraction of sp³-hybridized carbons (Fsp3) is 0.410. The largest absolute Gasteiger partial charge is 0.507 e. The van der Waals surface area contributed by atoms with Crippen LogP contribution < -0.4 is 31.6 Å². The average molecular weight is 791 g/mol. The highest BCUT2D eigenvalue weighted by Crippen LogP contribution is 2.45. The van der Waals surface area contributed by atoms with Crippen LogP contribution in [0.1, 0.15) is 61.9 Å². The zero-order chi connectivity index (χ0) is 41.5. The van der Waals surface area contributed by atoms with Gasteiger partial charge in [0, 0.05) is 73.1 Å². The zero-order valence-electron chi connectivity index (χ0n) is 31.7. The number of carbonyl (C=O) groups is 4. The number of carbonyl (C=O) groups excluding carboxylic acids is 4. The quantitative estimate of drug-likeness (QED) is 0.0597. The van der Waals surface area contributed by atoms with Crippen LogP contribution in [-0.2, 0) is 27.3 Å². The van der Waals surface area contributed by atoms with E-state index in [4.69, 9.17) is 25.7 Å². The minimum atomic E-state index is -2.42. The van der Waals surface area contributed by atoms with Crippen LogP contribution in [0.3, 0.4) is 0 Å². The van der Waals surface area contributed by atoms with Crippen LogP contribution in [0, 0.1) is 12.8 Å². The van der Waals surface area contributed by atoms with Crippen molar-refractivity contribution in [1.29, 1.82) is 0 Å². The number of aliphatic imine (C=N–C) groups is 1. The van der Waals surface area contributed by atoms with Crippen molar-refractivity contribution in [2.75, 3.05) is 33.9 Å². The maximum atomic E-state index is 14.5. The molecule has 3 heterocycles. The smallest absolute Gasteiger partial charge is 0.253 e. The van der Waals surface area contributed by atoms with Gasteiger partial charge in [-0.2, -0.15) is 0 Å². The second-order valence-electron chi connectivity index (χ2n) is 14.1. The monoisotopic (exact) mass is 790 g/mol. The second-order valence-corrected chi connectivity index (χ2v) is 14.1. The number of imide groups is 1. The average Bonchev–Trinajstić information content (AvgIpc) is 3.51. The van der Waals surface area contributed by atoms with Gasteiger partial charge < -0.3 is 61.8 Å².